The first-order chi connectivity index (χ1) is 13.1. The van der Waals surface area contributed by atoms with Crippen LogP contribution in [0.5, 0.6) is 11.5 Å². The quantitative estimate of drug-likeness (QED) is 0.709. The van der Waals surface area contributed by atoms with Crippen molar-refractivity contribution in [3.05, 3.63) is 48.4 Å². The highest BCUT2D eigenvalue weighted by Crippen LogP contribution is 2.31. The third-order valence-electron chi connectivity index (χ3n) is 4.75. The van der Waals surface area contributed by atoms with Gasteiger partial charge in [-0.1, -0.05) is 6.92 Å². The summed E-state index contributed by atoms with van der Waals surface area (Å²) < 4.78 is 16.6. The van der Waals surface area contributed by atoms with Gasteiger partial charge in [0.2, 0.25) is 0 Å². The van der Waals surface area contributed by atoms with Gasteiger partial charge in [0.25, 0.3) is 0 Å². The number of rotatable bonds is 6. The van der Waals surface area contributed by atoms with Gasteiger partial charge in [-0.15, -0.1) is 0 Å². The van der Waals surface area contributed by atoms with Gasteiger partial charge >= 0.3 is 0 Å². The monoisotopic (exact) mass is 365 g/mol. The largest absolute Gasteiger partial charge is 0.495 e. The molecule has 0 unspecified atom stereocenters. The summed E-state index contributed by atoms with van der Waals surface area (Å²) in [5, 5.41) is 5.41. The summed E-state index contributed by atoms with van der Waals surface area (Å²) in [5.74, 6) is 2.36. The lowest BCUT2D eigenvalue weighted by Crippen LogP contribution is -2.44. The van der Waals surface area contributed by atoms with Crippen molar-refractivity contribution in [1.29, 1.82) is 0 Å². The zero-order chi connectivity index (χ0) is 18.9. The molecule has 140 valence electrons. The minimum absolute atomic E-state index is 0.122. The van der Waals surface area contributed by atoms with Gasteiger partial charge in [-0.25, -0.2) is 4.98 Å². The van der Waals surface area contributed by atoms with Gasteiger partial charge in [0, 0.05) is 23.1 Å². The summed E-state index contributed by atoms with van der Waals surface area (Å²) in [6, 6.07) is 9.95. The molecule has 2 aromatic heterocycles. The van der Waals surface area contributed by atoms with E-state index in [0.29, 0.717) is 6.61 Å². The minimum atomic E-state index is 0.122. The predicted molar refractivity (Wildman–Crippen MR) is 105 cm³/mol. The summed E-state index contributed by atoms with van der Waals surface area (Å²) in [4.78, 5) is 8.84. The number of nitrogens with one attached hydrogen (secondary N) is 1. The molecule has 1 aliphatic rings. The minimum Gasteiger partial charge on any atom is -0.495 e. The highest BCUT2D eigenvalue weighted by atomic mass is 16.5. The molecule has 27 heavy (non-hydrogen) atoms. The second-order valence-corrected chi connectivity index (χ2v) is 7.27. The molecule has 6 heteroatoms. The third-order valence-corrected chi connectivity index (χ3v) is 4.75. The van der Waals surface area contributed by atoms with E-state index in [1.165, 1.54) is 0 Å². The summed E-state index contributed by atoms with van der Waals surface area (Å²) >= 11 is 0. The number of aromatic nitrogens is 2. The summed E-state index contributed by atoms with van der Waals surface area (Å²) in [7, 11) is 1.64. The lowest BCUT2D eigenvalue weighted by atomic mass is 9.90. The van der Waals surface area contributed by atoms with Gasteiger partial charge in [0.15, 0.2) is 0 Å². The Morgan fingerprint density at radius 1 is 1.19 bits per heavy atom. The highest BCUT2D eigenvalue weighted by Gasteiger charge is 2.34. The molecule has 0 bridgehead atoms. The molecule has 0 spiro atoms. The molecular formula is C21H23N3O3. The Morgan fingerprint density at radius 2 is 2.04 bits per heavy atom. The van der Waals surface area contributed by atoms with Gasteiger partial charge in [0.05, 0.1) is 44.5 Å². The smallest absolute Gasteiger partial charge is 0.142 e. The van der Waals surface area contributed by atoms with Crippen LogP contribution in [0.15, 0.2) is 42.7 Å². The maximum atomic E-state index is 5.98. The van der Waals surface area contributed by atoms with Crippen molar-refractivity contribution in [2.75, 3.05) is 32.2 Å². The third kappa shape index (κ3) is 3.66. The first-order valence-corrected chi connectivity index (χ1v) is 8.93. The van der Waals surface area contributed by atoms with E-state index in [1.54, 1.807) is 19.5 Å². The van der Waals surface area contributed by atoms with E-state index < -0.39 is 0 Å². The van der Waals surface area contributed by atoms with Gasteiger partial charge in [-0.05, 0) is 36.6 Å². The van der Waals surface area contributed by atoms with Gasteiger partial charge < -0.3 is 19.5 Å². The number of nitrogens with zero attached hydrogens (tertiary/aromatic N) is 2. The van der Waals surface area contributed by atoms with Crippen LogP contribution in [0.1, 0.15) is 12.6 Å². The number of hydrogen-bond acceptors (Lipinski definition) is 6. The van der Waals surface area contributed by atoms with E-state index in [-0.39, 0.29) is 5.41 Å². The molecule has 3 heterocycles. The maximum absolute atomic E-state index is 5.98. The van der Waals surface area contributed by atoms with Crippen LogP contribution in [-0.2, 0) is 4.74 Å². The number of pyridine rings is 2. The predicted octanol–water partition coefficient (Wildman–Crippen LogP) is 4.11. The van der Waals surface area contributed by atoms with Crippen molar-refractivity contribution in [2.45, 2.75) is 13.8 Å². The van der Waals surface area contributed by atoms with Gasteiger partial charge in [-0.3, -0.25) is 4.98 Å². The number of methoxy groups -OCH3 is 1. The second kappa shape index (κ2) is 7.04. The van der Waals surface area contributed by atoms with E-state index in [2.05, 4.69) is 22.2 Å². The maximum Gasteiger partial charge on any atom is 0.142 e. The molecule has 1 fully saturated rings. The molecular weight excluding hydrogens is 342 g/mol. The first-order valence-electron chi connectivity index (χ1n) is 8.93. The van der Waals surface area contributed by atoms with Crippen LogP contribution >= 0.6 is 0 Å². The normalized spacial score (nSPS) is 15.2. The number of benzene rings is 1. The number of aryl methyl sites for hydroxylation is 1. The Bertz CT molecular complexity index is 970. The SMILES string of the molecule is COc1cc(Nc2nccc3cc(OCC4(C)COC4)ccc23)cnc1C. The topological polar surface area (TPSA) is 65.5 Å². The van der Waals surface area contributed by atoms with E-state index in [4.69, 9.17) is 14.2 Å². The molecule has 0 radical (unpaired) electrons. The van der Waals surface area contributed by atoms with Crippen LogP contribution in [0.25, 0.3) is 10.8 Å². The van der Waals surface area contributed by atoms with E-state index >= 15 is 0 Å². The van der Waals surface area contributed by atoms with Crippen LogP contribution in [0, 0.1) is 12.3 Å². The van der Waals surface area contributed by atoms with Crippen molar-refractivity contribution in [2.24, 2.45) is 5.41 Å². The molecule has 1 saturated heterocycles. The fourth-order valence-electron chi connectivity index (χ4n) is 3.06. The number of fused-ring (bicyclic) bond motifs is 1. The average Bonchev–Trinajstić information content (AvgIpc) is 2.66. The Balaban J connectivity index is 1.56. The summed E-state index contributed by atoms with van der Waals surface area (Å²) in [6.45, 7) is 6.26. The lowest BCUT2D eigenvalue weighted by molar-refractivity contribution is -0.120. The molecule has 1 aliphatic heterocycles. The molecule has 0 aliphatic carbocycles. The Labute approximate surface area is 158 Å². The highest BCUT2D eigenvalue weighted by molar-refractivity contribution is 5.94. The van der Waals surface area contributed by atoms with Crippen LogP contribution in [0.4, 0.5) is 11.5 Å². The van der Waals surface area contributed by atoms with Crippen molar-refractivity contribution in [3.63, 3.8) is 0 Å². The summed E-state index contributed by atoms with van der Waals surface area (Å²) in [6.07, 6.45) is 3.56. The fraction of sp³-hybridized carbons (Fsp3) is 0.333. The Hall–Kier alpha value is -2.86. The second-order valence-electron chi connectivity index (χ2n) is 7.27. The molecule has 1 aromatic carbocycles. The van der Waals surface area contributed by atoms with Crippen molar-refractivity contribution in [1.82, 2.24) is 9.97 Å². The van der Waals surface area contributed by atoms with Crippen molar-refractivity contribution < 1.29 is 14.2 Å². The van der Waals surface area contributed by atoms with Gasteiger partial charge in [-0.2, -0.15) is 0 Å². The van der Waals surface area contributed by atoms with E-state index in [1.807, 2.05) is 37.3 Å². The zero-order valence-corrected chi connectivity index (χ0v) is 15.8. The standard InChI is InChI=1S/C21H23N3O3/c1-14-19(25-3)9-16(10-23-14)24-20-18-5-4-17(8-15(18)6-7-22-20)27-13-21(2)11-26-12-21/h4-10H,11-13H2,1-3H3,(H,22,24). The van der Waals surface area contributed by atoms with Crippen LogP contribution in [0.3, 0.4) is 0 Å². The van der Waals surface area contributed by atoms with Crippen molar-refractivity contribution in [3.8, 4) is 11.5 Å². The molecule has 1 N–H and O–H groups in total. The van der Waals surface area contributed by atoms with Crippen LogP contribution < -0.4 is 14.8 Å². The summed E-state index contributed by atoms with van der Waals surface area (Å²) in [5.41, 5.74) is 1.80. The molecule has 0 saturated carbocycles. The van der Waals surface area contributed by atoms with Crippen molar-refractivity contribution >= 4 is 22.3 Å². The molecule has 3 aromatic rings. The Kier molecular flexibility index (Phi) is 4.58. The van der Waals surface area contributed by atoms with Crippen LogP contribution in [0.2, 0.25) is 0 Å². The Morgan fingerprint density at radius 3 is 2.78 bits per heavy atom. The zero-order valence-electron chi connectivity index (χ0n) is 15.8. The molecule has 6 nitrogen and oxygen atoms in total. The molecule has 4 rings (SSSR count). The lowest BCUT2D eigenvalue weighted by Gasteiger charge is -2.37. The molecule has 0 atom stereocenters. The van der Waals surface area contributed by atoms with E-state index in [9.17, 15) is 0 Å². The number of hydrogen-bond donors (Lipinski definition) is 1. The van der Waals surface area contributed by atoms with Gasteiger partial charge in [0.1, 0.15) is 17.3 Å². The number of ether oxygens (including phenoxy) is 3. The van der Waals surface area contributed by atoms with Crippen LogP contribution in [-0.4, -0.2) is 36.9 Å². The number of anilines is 2. The fourth-order valence-corrected chi connectivity index (χ4v) is 3.06. The first kappa shape index (κ1) is 17.5. The van der Waals surface area contributed by atoms with E-state index in [0.717, 1.165) is 52.7 Å². The molecule has 0 amide bonds. The average molecular weight is 365 g/mol.